The van der Waals surface area contributed by atoms with Crippen LogP contribution in [0, 0.1) is 5.92 Å². The molecule has 6 nitrogen and oxygen atoms in total. The first-order valence-corrected chi connectivity index (χ1v) is 9.31. The molecule has 2 aliphatic carbocycles. The lowest BCUT2D eigenvalue weighted by atomic mass is 10.1. The molecule has 1 heterocycles. The van der Waals surface area contributed by atoms with Crippen LogP contribution in [0.5, 0.6) is 5.75 Å². The van der Waals surface area contributed by atoms with Crippen molar-refractivity contribution in [3.8, 4) is 16.9 Å². The zero-order chi connectivity index (χ0) is 21.5. The van der Waals surface area contributed by atoms with Gasteiger partial charge in [-0.15, -0.1) is 13.2 Å². The highest BCUT2D eigenvalue weighted by Crippen LogP contribution is 2.41. The number of halogens is 4. The first kappa shape index (κ1) is 20.1. The van der Waals surface area contributed by atoms with Crippen molar-refractivity contribution >= 4 is 23.5 Å². The van der Waals surface area contributed by atoms with Gasteiger partial charge in [-0.2, -0.15) is 0 Å². The molecule has 1 aromatic carbocycles. The molecular weight excluding hydrogens is 406 g/mol. The molecule has 4 rings (SSSR count). The third-order valence-corrected chi connectivity index (χ3v) is 4.78. The van der Waals surface area contributed by atoms with Gasteiger partial charge < -0.3 is 15.4 Å². The Kier molecular flexibility index (Phi) is 4.87. The van der Waals surface area contributed by atoms with Crippen LogP contribution in [0.2, 0.25) is 0 Å². The number of alkyl halides is 4. The SMILES string of the molecule is O=C(Nc1cc(-c2ccc(OC(F)(F)F)cc2)cc(NC(=O)C2(F)CC2)n1)C1CC1. The third kappa shape index (κ3) is 4.87. The lowest BCUT2D eigenvalue weighted by Crippen LogP contribution is -2.26. The number of pyridine rings is 1. The standard InChI is InChI=1S/C20H17F4N3O3/c21-19(7-8-19)18(29)27-16-10-13(9-15(25-16)26-17(28)12-1-2-12)11-3-5-14(6-4-11)30-20(22,23)24/h3-6,9-10,12H,1-2,7-8H2,(H2,25,26,27,28,29). The topological polar surface area (TPSA) is 80.3 Å². The van der Waals surface area contributed by atoms with E-state index in [0.29, 0.717) is 11.1 Å². The van der Waals surface area contributed by atoms with Gasteiger partial charge >= 0.3 is 6.36 Å². The van der Waals surface area contributed by atoms with E-state index in [4.69, 9.17) is 0 Å². The van der Waals surface area contributed by atoms with Crippen LogP contribution in [0.3, 0.4) is 0 Å². The van der Waals surface area contributed by atoms with E-state index in [9.17, 15) is 27.2 Å². The number of carbonyl (C=O) groups excluding carboxylic acids is 2. The quantitative estimate of drug-likeness (QED) is 0.674. The van der Waals surface area contributed by atoms with Gasteiger partial charge in [-0.1, -0.05) is 12.1 Å². The number of anilines is 2. The minimum absolute atomic E-state index is 0.0307. The third-order valence-electron chi connectivity index (χ3n) is 4.78. The van der Waals surface area contributed by atoms with Gasteiger partial charge in [0.1, 0.15) is 17.4 Å². The van der Waals surface area contributed by atoms with E-state index < -0.39 is 17.9 Å². The molecule has 2 fully saturated rings. The predicted molar refractivity (Wildman–Crippen MR) is 99.4 cm³/mol. The van der Waals surface area contributed by atoms with E-state index in [1.54, 1.807) is 0 Å². The molecule has 30 heavy (non-hydrogen) atoms. The molecule has 158 valence electrons. The van der Waals surface area contributed by atoms with Gasteiger partial charge in [0, 0.05) is 5.92 Å². The molecular formula is C20H17F4N3O3. The lowest BCUT2D eigenvalue weighted by Gasteiger charge is -2.13. The average Bonchev–Trinajstić information content (AvgIpc) is 3.56. The Hall–Kier alpha value is -3.17. The van der Waals surface area contributed by atoms with Crippen LogP contribution >= 0.6 is 0 Å². The Morgan fingerprint density at radius 3 is 2.13 bits per heavy atom. The van der Waals surface area contributed by atoms with E-state index >= 15 is 0 Å². The minimum atomic E-state index is -4.80. The first-order valence-electron chi connectivity index (χ1n) is 9.31. The Morgan fingerprint density at radius 1 is 1.00 bits per heavy atom. The predicted octanol–water partition coefficient (Wildman–Crippen LogP) is 4.44. The van der Waals surface area contributed by atoms with Gasteiger partial charge in [-0.3, -0.25) is 9.59 Å². The van der Waals surface area contributed by atoms with Crippen molar-refractivity contribution < 1.29 is 31.9 Å². The second kappa shape index (κ2) is 7.26. The summed E-state index contributed by atoms with van der Waals surface area (Å²) in [6, 6.07) is 8.06. The molecule has 0 saturated heterocycles. The van der Waals surface area contributed by atoms with Crippen LogP contribution in [-0.2, 0) is 9.59 Å². The zero-order valence-corrected chi connectivity index (χ0v) is 15.6. The number of ether oxygens (including phenoxy) is 1. The second-order valence-electron chi connectivity index (χ2n) is 7.38. The van der Waals surface area contributed by atoms with E-state index in [2.05, 4.69) is 20.4 Å². The van der Waals surface area contributed by atoms with E-state index in [1.165, 1.54) is 24.3 Å². The van der Waals surface area contributed by atoms with E-state index in [0.717, 1.165) is 25.0 Å². The molecule has 0 aliphatic heterocycles. The fourth-order valence-corrected chi connectivity index (χ4v) is 2.81. The molecule has 2 aromatic rings. The summed E-state index contributed by atoms with van der Waals surface area (Å²) >= 11 is 0. The van der Waals surface area contributed by atoms with Crippen molar-refractivity contribution in [1.82, 2.24) is 4.98 Å². The average molecular weight is 423 g/mol. The number of benzene rings is 1. The van der Waals surface area contributed by atoms with Crippen LogP contribution in [-0.4, -0.2) is 28.8 Å². The number of hydrogen-bond acceptors (Lipinski definition) is 4. The maximum Gasteiger partial charge on any atom is 0.573 e. The highest BCUT2D eigenvalue weighted by molar-refractivity contribution is 5.99. The molecule has 2 amide bonds. The van der Waals surface area contributed by atoms with Crippen molar-refractivity contribution in [2.75, 3.05) is 10.6 Å². The van der Waals surface area contributed by atoms with Crippen LogP contribution in [0.4, 0.5) is 29.2 Å². The van der Waals surface area contributed by atoms with E-state index in [1.807, 2.05) is 0 Å². The fraction of sp³-hybridized carbons (Fsp3) is 0.350. The number of nitrogens with zero attached hydrogens (tertiary/aromatic N) is 1. The second-order valence-corrected chi connectivity index (χ2v) is 7.38. The van der Waals surface area contributed by atoms with Crippen LogP contribution in [0.15, 0.2) is 36.4 Å². The number of hydrogen-bond donors (Lipinski definition) is 2. The van der Waals surface area contributed by atoms with Crippen molar-refractivity contribution in [1.29, 1.82) is 0 Å². The number of nitrogens with one attached hydrogen (secondary N) is 2. The number of rotatable bonds is 6. The Labute approximate surface area is 168 Å². The molecule has 10 heteroatoms. The highest BCUT2D eigenvalue weighted by atomic mass is 19.4. The molecule has 1 aromatic heterocycles. The van der Waals surface area contributed by atoms with Crippen LogP contribution in [0.25, 0.3) is 11.1 Å². The van der Waals surface area contributed by atoms with Crippen molar-refractivity contribution in [3.05, 3.63) is 36.4 Å². The summed E-state index contributed by atoms with van der Waals surface area (Å²) in [6.45, 7) is 0. The Balaban J connectivity index is 1.60. The number of carbonyl (C=O) groups is 2. The van der Waals surface area contributed by atoms with Crippen LogP contribution < -0.4 is 15.4 Å². The summed E-state index contributed by atoms with van der Waals surface area (Å²) in [5.74, 6) is -1.32. The normalized spacial score (nSPS) is 17.2. The summed E-state index contributed by atoms with van der Waals surface area (Å²) in [4.78, 5) is 28.3. The number of aromatic nitrogens is 1. The molecule has 2 saturated carbocycles. The molecule has 0 radical (unpaired) electrons. The summed E-state index contributed by atoms with van der Waals surface area (Å²) in [5, 5.41) is 5.06. The Morgan fingerprint density at radius 2 is 1.60 bits per heavy atom. The van der Waals surface area contributed by atoms with Crippen molar-refractivity contribution in [3.63, 3.8) is 0 Å². The number of amides is 2. The molecule has 0 spiro atoms. The summed E-state index contributed by atoms with van der Waals surface area (Å²) < 4.78 is 54.9. The smallest absolute Gasteiger partial charge is 0.406 e. The highest BCUT2D eigenvalue weighted by Gasteiger charge is 2.51. The lowest BCUT2D eigenvalue weighted by molar-refractivity contribution is -0.274. The molecule has 2 aliphatic rings. The molecule has 0 atom stereocenters. The summed E-state index contributed by atoms with van der Waals surface area (Å²) in [5.41, 5.74) is -0.953. The maximum atomic E-state index is 14.0. The van der Waals surface area contributed by atoms with Crippen molar-refractivity contribution in [2.45, 2.75) is 37.7 Å². The van der Waals surface area contributed by atoms with Gasteiger partial charge in [0.05, 0.1) is 0 Å². The summed E-state index contributed by atoms with van der Waals surface area (Å²) in [6.07, 6.45) is -2.99. The Bertz CT molecular complexity index is 984. The van der Waals surface area contributed by atoms with Gasteiger partial charge in [0.25, 0.3) is 5.91 Å². The van der Waals surface area contributed by atoms with E-state index in [-0.39, 0.29) is 42.1 Å². The van der Waals surface area contributed by atoms with Gasteiger partial charge in [0.2, 0.25) is 5.91 Å². The first-order chi connectivity index (χ1) is 14.1. The summed E-state index contributed by atoms with van der Waals surface area (Å²) in [7, 11) is 0. The molecule has 0 bridgehead atoms. The van der Waals surface area contributed by atoms with Gasteiger partial charge in [-0.25, -0.2) is 9.37 Å². The zero-order valence-electron chi connectivity index (χ0n) is 15.6. The van der Waals surface area contributed by atoms with Crippen molar-refractivity contribution in [2.24, 2.45) is 5.92 Å². The maximum absolute atomic E-state index is 14.0. The molecule has 0 unspecified atom stereocenters. The monoisotopic (exact) mass is 423 g/mol. The fourth-order valence-electron chi connectivity index (χ4n) is 2.81. The largest absolute Gasteiger partial charge is 0.573 e. The molecule has 2 N–H and O–H groups in total. The van der Waals surface area contributed by atoms with Gasteiger partial charge in [0.15, 0.2) is 5.67 Å². The minimum Gasteiger partial charge on any atom is -0.406 e. The van der Waals surface area contributed by atoms with Gasteiger partial charge in [-0.05, 0) is 61.1 Å². The van der Waals surface area contributed by atoms with Crippen LogP contribution in [0.1, 0.15) is 25.7 Å².